The minimum absolute atomic E-state index is 0.0216. The molecule has 0 N–H and O–H groups in total. The molecule has 0 aromatic heterocycles. The highest BCUT2D eigenvalue weighted by Crippen LogP contribution is 2.41. The molecule has 3 aromatic rings. The minimum atomic E-state index is -0.771. The van der Waals surface area contributed by atoms with Gasteiger partial charge in [0.25, 0.3) is 23.2 Å². The van der Waals surface area contributed by atoms with E-state index in [9.17, 15) is 29.8 Å². The molecule has 1 aliphatic rings. The van der Waals surface area contributed by atoms with E-state index in [1.54, 1.807) is 30.3 Å². The third-order valence-electron chi connectivity index (χ3n) is 4.79. The molecule has 0 unspecified atom stereocenters. The summed E-state index contributed by atoms with van der Waals surface area (Å²) in [6.07, 6.45) is 0. The van der Waals surface area contributed by atoms with Gasteiger partial charge in [-0.25, -0.2) is 0 Å². The number of hydrazine groups is 1. The zero-order valence-electron chi connectivity index (χ0n) is 14.9. The molecule has 0 radical (unpaired) electrons. The summed E-state index contributed by atoms with van der Waals surface area (Å²) in [7, 11) is 1.53. The van der Waals surface area contributed by atoms with Crippen LogP contribution >= 0.6 is 0 Å². The summed E-state index contributed by atoms with van der Waals surface area (Å²) >= 11 is 0. The van der Waals surface area contributed by atoms with Crippen LogP contribution in [0.1, 0.15) is 20.7 Å². The second kappa shape index (κ2) is 6.37. The van der Waals surface area contributed by atoms with Crippen molar-refractivity contribution >= 4 is 39.6 Å². The maximum atomic E-state index is 13.1. The van der Waals surface area contributed by atoms with Crippen LogP contribution < -0.4 is 5.01 Å². The topological polar surface area (TPSA) is 127 Å². The summed E-state index contributed by atoms with van der Waals surface area (Å²) in [5, 5.41) is 24.7. The van der Waals surface area contributed by atoms with Crippen LogP contribution in [0.15, 0.2) is 54.6 Å². The van der Waals surface area contributed by atoms with Crippen LogP contribution in [0.2, 0.25) is 0 Å². The van der Waals surface area contributed by atoms with Crippen molar-refractivity contribution in [3.63, 3.8) is 0 Å². The number of nitrogens with zero attached hydrogens (tertiary/aromatic N) is 4. The molecule has 0 saturated carbocycles. The molecule has 0 atom stereocenters. The lowest BCUT2D eigenvalue weighted by molar-refractivity contribution is -0.390. The predicted octanol–water partition coefficient (Wildman–Crippen LogP) is 3.30. The number of hydrogen-bond donors (Lipinski definition) is 0. The van der Waals surface area contributed by atoms with E-state index in [1.165, 1.54) is 24.2 Å². The normalized spacial score (nSPS) is 12.9. The lowest BCUT2D eigenvalue weighted by Gasteiger charge is -2.34. The highest BCUT2D eigenvalue weighted by Gasteiger charge is 2.39. The molecule has 144 valence electrons. The molecule has 4 rings (SSSR count). The first-order valence-corrected chi connectivity index (χ1v) is 8.39. The number of carbonyl (C=O) groups excluding carboxylic acids is 2. The maximum absolute atomic E-state index is 13.1. The number of carbonyl (C=O) groups is 2. The average molecular weight is 392 g/mol. The Hall–Kier alpha value is -4.34. The Balaban J connectivity index is 1.99. The third-order valence-corrected chi connectivity index (χ3v) is 4.79. The average Bonchev–Trinajstić information content (AvgIpc) is 2.71. The van der Waals surface area contributed by atoms with E-state index < -0.39 is 33.0 Å². The summed E-state index contributed by atoms with van der Waals surface area (Å²) < 4.78 is 0. The summed E-state index contributed by atoms with van der Waals surface area (Å²) in [5.74, 6) is -1.46. The van der Waals surface area contributed by atoms with Gasteiger partial charge in [0.05, 0.1) is 26.7 Å². The van der Waals surface area contributed by atoms with Gasteiger partial charge in [0.2, 0.25) is 0 Å². The number of anilines is 1. The highest BCUT2D eigenvalue weighted by atomic mass is 16.6. The number of non-ortho nitro benzene ring substituents is 2. The van der Waals surface area contributed by atoms with Crippen LogP contribution in [0.4, 0.5) is 17.1 Å². The van der Waals surface area contributed by atoms with Crippen LogP contribution in [0.3, 0.4) is 0 Å². The molecule has 0 bridgehead atoms. The molecule has 2 amide bonds. The number of hydrogen-bond acceptors (Lipinski definition) is 7. The van der Waals surface area contributed by atoms with Gasteiger partial charge in [-0.15, -0.1) is 0 Å². The molecule has 1 heterocycles. The largest absolute Gasteiger partial charge is 0.284 e. The van der Waals surface area contributed by atoms with Crippen LogP contribution in [0, 0.1) is 20.2 Å². The van der Waals surface area contributed by atoms with Crippen LogP contribution in [0.25, 0.3) is 10.8 Å². The number of rotatable bonds is 4. The number of nitro benzene ring substituents is 2. The molecule has 10 nitrogen and oxygen atoms in total. The molecular formula is C19H12N4O6. The van der Waals surface area contributed by atoms with E-state index in [4.69, 9.17) is 0 Å². The number of para-hydroxylation sites is 1. The number of imide groups is 1. The first-order valence-electron chi connectivity index (χ1n) is 8.39. The van der Waals surface area contributed by atoms with E-state index >= 15 is 0 Å². The van der Waals surface area contributed by atoms with Crippen molar-refractivity contribution in [1.82, 2.24) is 5.01 Å². The molecular weight excluding hydrogens is 380 g/mol. The fourth-order valence-electron chi connectivity index (χ4n) is 3.47. The second-order valence-electron chi connectivity index (χ2n) is 6.31. The Bertz CT molecular complexity index is 1160. The lowest BCUT2D eigenvalue weighted by Crippen LogP contribution is -2.50. The Kier molecular flexibility index (Phi) is 3.97. The number of nitro groups is 2. The summed E-state index contributed by atoms with van der Waals surface area (Å²) in [6, 6.07) is 13.2. The van der Waals surface area contributed by atoms with Crippen molar-refractivity contribution < 1.29 is 19.4 Å². The standard InChI is InChI=1S/C19H12N4O6/c1-20(11-5-3-2-4-6-11)21-18(24)12-7-9-14(22(26)27)17-15(23(28)29)10-8-13(16(12)17)19(21)25/h2-10H,1H3. The van der Waals surface area contributed by atoms with Gasteiger partial charge in [0, 0.05) is 24.6 Å². The van der Waals surface area contributed by atoms with Crippen molar-refractivity contribution in [2.75, 3.05) is 12.1 Å². The van der Waals surface area contributed by atoms with Gasteiger partial charge in [-0.05, 0) is 24.3 Å². The zero-order chi connectivity index (χ0) is 20.9. The Morgan fingerprint density at radius 1 is 0.759 bits per heavy atom. The van der Waals surface area contributed by atoms with Crippen molar-refractivity contribution in [2.45, 2.75) is 0 Å². The smallest absolute Gasteiger partial charge is 0.278 e. The van der Waals surface area contributed by atoms with Gasteiger partial charge >= 0.3 is 0 Å². The van der Waals surface area contributed by atoms with Gasteiger partial charge in [-0.2, -0.15) is 5.01 Å². The predicted molar refractivity (Wildman–Crippen MR) is 103 cm³/mol. The van der Waals surface area contributed by atoms with Gasteiger partial charge in [0.15, 0.2) is 0 Å². The summed E-state index contributed by atoms with van der Waals surface area (Å²) in [4.78, 5) is 47.6. The molecule has 0 fully saturated rings. The molecule has 0 spiro atoms. The Morgan fingerprint density at radius 2 is 1.24 bits per heavy atom. The first kappa shape index (κ1) is 18.0. The van der Waals surface area contributed by atoms with Crippen LogP contribution in [-0.4, -0.2) is 33.7 Å². The third kappa shape index (κ3) is 2.57. The molecule has 1 aliphatic heterocycles. The Morgan fingerprint density at radius 3 is 1.69 bits per heavy atom. The van der Waals surface area contributed by atoms with E-state index in [0.717, 1.165) is 17.1 Å². The minimum Gasteiger partial charge on any atom is -0.278 e. The van der Waals surface area contributed by atoms with Gasteiger partial charge in [-0.3, -0.25) is 34.8 Å². The molecule has 10 heteroatoms. The maximum Gasteiger partial charge on any atom is 0.284 e. The van der Waals surface area contributed by atoms with E-state index in [1.807, 2.05) is 0 Å². The summed E-state index contributed by atoms with van der Waals surface area (Å²) in [5.41, 5.74) is -0.554. The number of amides is 2. The quantitative estimate of drug-likeness (QED) is 0.379. The van der Waals surface area contributed by atoms with Crippen molar-refractivity contribution in [3.05, 3.63) is 86.0 Å². The van der Waals surface area contributed by atoms with Gasteiger partial charge in [0.1, 0.15) is 5.39 Å². The first-order chi connectivity index (χ1) is 13.8. The van der Waals surface area contributed by atoms with Crippen molar-refractivity contribution in [1.29, 1.82) is 0 Å². The van der Waals surface area contributed by atoms with Crippen LogP contribution in [0.5, 0.6) is 0 Å². The highest BCUT2D eigenvalue weighted by molar-refractivity contribution is 6.28. The fourth-order valence-corrected chi connectivity index (χ4v) is 3.47. The Labute approximate surface area is 162 Å². The van der Waals surface area contributed by atoms with Crippen molar-refractivity contribution in [2.24, 2.45) is 0 Å². The van der Waals surface area contributed by atoms with Crippen LogP contribution in [-0.2, 0) is 0 Å². The van der Waals surface area contributed by atoms with Crippen molar-refractivity contribution in [3.8, 4) is 0 Å². The molecule has 0 saturated heterocycles. The molecule has 0 aliphatic carbocycles. The lowest BCUT2D eigenvalue weighted by atomic mass is 9.92. The van der Waals surface area contributed by atoms with E-state index in [-0.39, 0.29) is 21.9 Å². The van der Waals surface area contributed by atoms with E-state index in [0.29, 0.717) is 5.69 Å². The van der Waals surface area contributed by atoms with E-state index in [2.05, 4.69) is 0 Å². The SMILES string of the molecule is CN(c1ccccc1)N1C(=O)c2ccc([N+](=O)[O-])c3c([N+](=O)[O-])ccc(c23)C1=O. The zero-order valence-corrected chi connectivity index (χ0v) is 14.9. The fraction of sp³-hybridized carbons (Fsp3) is 0.0526. The van der Waals surface area contributed by atoms with Gasteiger partial charge < -0.3 is 0 Å². The van der Waals surface area contributed by atoms with Gasteiger partial charge in [-0.1, -0.05) is 18.2 Å². The molecule has 3 aromatic carbocycles. The molecule has 29 heavy (non-hydrogen) atoms. The summed E-state index contributed by atoms with van der Waals surface area (Å²) in [6.45, 7) is 0. The number of benzene rings is 3. The monoisotopic (exact) mass is 392 g/mol. The second-order valence-corrected chi connectivity index (χ2v) is 6.31.